The van der Waals surface area contributed by atoms with Crippen LogP contribution in [0.25, 0.3) is 0 Å². The predicted molar refractivity (Wildman–Crippen MR) is 137 cm³/mol. The Balaban J connectivity index is 1.93. The van der Waals surface area contributed by atoms with Crippen LogP contribution in [0, 0.1) is 0 Å². The van der Waals surface area contributed by atoms with Gasteiger partial charge in [-0.2, -0.15) is 0 Å². The normalized spacial score (nSPS) is 11.4. The Bertz CT molecular complexity index is 1190. The Hall–Kier alpha value is -4.30. The fourth-order valence-electron chi connectivity index (χ4n) is 5.13. The van der Waals surface area contributed by atoms with Crippen molar-refractivity contribution in [2.45, 2.75) is 11.3 Å². The van der Waals surface area contributed by atoms with Crippen molar-refractivity contribution in [3.8, 4) is 11.5 Å². The maximum atomic E-state index is 10.1. The van der Waals surface area contributed by atoms with Gasteiger partial charge in [-0.3, -0.25) is 0 Å². The first-order valence-electron chi connectivity index (χ1n) is 11.4. The zero-order valence-electron chi connectivity index (χ0n) is 18.8. The molecule has 0 spiro atoms. The van der Waals surface area contributed by atoms with E-state index in [1.165, 1.54) is 16.7 Å². The lowest BCUT2D eigenvalue weighted by atomic mass is 9.58. The highest BCUT2D eigenvalue weighted by atomic mass is 16.3. The van der Waals surface area contributed by atoms with Gasteiger partial charge in [0.15, 0.2) is 0 Å². The molecule has 5 rings (SSSR count). The third-order valence-corrected chi connectivity index (χ3v) is 6.57. The Labute approximate surface area is 200 Å². The van der Waals surface area contributed by atoms with E-state index >= 15 is 0 Å². The predicted octanol–water partition coefficient (Wildman–Crippen LogP) is 7.26. The molecule has 2 nitrogen and oxygen atoms in total. The van der Waals surface area contributed by atoms with Crippen molar-refractivity contribution in [3.63, 3.8) is 0 Å². The second-order valence-corrected chi connectivity index (χ2v) is 8.52. The summed E-state index contributed by atoms with van der Waals surface area (Å²) in [6.45, 7) is 0. The van der Waals surface area contributed by atoms with Crippen molar-refractivity contribution in [2.75, 3.05) is 0 Å². The smallest absolute Gasteiger partial charge is 0.115 e. The molecule has 0 saturated carbocycles. The molecule has 34 heavy (non-hydrogen) atoms. The van der Waals surface area contributed by atoms with Gasteiger partial charge in [-0.1, -0.05) is 115 Å². The minimum atomic E-state index is -0.572. The van der Waals surface area contributed by atoms with E-state index in [0.717, 1.165) is 11.1 Å². The first-order valence-corrected chi connectivity index (χ1v) is 11.4. The van der Waals surface area contributed by atoms with E-state index in [-0.39, 0.29) is 17.4 Å². The number of rotatable bonds is 6. The fourth-order valence-corrected chi connectivity index (χ4v) is 5.13. The number of benzene rings is 5. The van der Waals surface area contributed by atoms with E-state index in [2.05, 4.69) is 72.8 Å². The summed E-state index contributed by atoms with van der Waals surface area (Å²) in [4.78, 5) is 0. The summed E-state index contributed by atoms with van der Waals surface area (Å²) < 4.78 is 0. The fraction of sp³-hybridized carbons (Fsp3) is 0.0625. The molecule has 166 valence electrons. The summed E-state index contributed by atoms with van der Waals surface area (Å²) in [7, 11) is 0. The van der Waals surface area contributed by atoms with Gasteiger partial charge in [-0.25, -0.2) is 0 Å². The summed E-state index contributed by atoms with van der Waals surface area (Å²) in [6.07, 6.45) is 0. The number of phenols is 2. The zero-order chi connectivity index (χ0) is 23.4. The second-order valence-electron chi connectivity index (χ2n) is 8.52. The Morgan fingerprint density at radius 2 is 0.676 bits per heavy atom. The van der Waals surface area contributed by atoms with Gasteiger partial charge in [-0.15, -0.1) is 0 Å². The van der Waals surface area contributed by atoms with Gasteiger partial charge in [-0.05, 0) is 52.1 Å². The molecule has 0 aliphatic heterocycles. The van der Waals surface area contributed by atoms with Crippen molar-refractivity contribution < 1.29 is 10.2 Å². The average Bonchev–Trinajstić information content (AvgIpc) is 2.90. The van der Waals surface area contributed by atoms with Crippen LogP contribution < -0.4 is 0 Å². The largest absolute Gasteiger partial charge is 0.508 e. The van der Waals surface area contributed by atoms with Crippen LogP contribution >= 0.6 is 0 Å². The summed E-state index contributed by atoms with van der Waals surface area (Å²) in [5.74, 6) is 0.330. The van der Waals surface area contributed by atoms with Gasteiger partial charge in [0.1, 0.15) is 11.5 Å². The second kappa shape index (κ2) is 9.29. The van der Waals surface area contributed by atoms with E-state index in [1.54, 1.807) is 24.3 Å². The van der Waals surface area contributed by atoms with Gasteiger partial charge in [0.05, 0.1) is 5.41 Å². The van der Waals surface area contributed by atoms with Crippen molar-refractivity contribution in [1.29, 1.82) is 0 Å². The molecule has 0 fully saturated rings. The summed E-state index contributed by atoms with van der Waals surface area (Å²) in [6, 6.07) is 46.7. The van der Waals surface area contributed by atoms with E-state index in [4.69, 9.17) is 0 Å². The molecule has 0 unspecified atom stereocenters. The first kappa shape index (κ1) is 21.5. The number of hydrogen-bond donors (Lipinski definition) is 2. The van der Waals surface area contributed by atoms with Crippen LogP contribution in [0.1, 0.15) is 33.7 Å². The van der Waals surface area contributed by atoms with Crippen molar-refractivity contribution in [3.05, 3.63) is 167 Å². The summed E-state index contributed by atoms with van der Waals surface area (Å²) >= 11 is 0. The first-order chi connectivity index (χ1) is 16.7. The Morgan fingerprint density at radius 1 is 0.382 bits per heavy atom. The van der Waals surface area contributed by atoms with Crippen LogP contribution in [0.2, 0.25) is 0 Å². The van der Waals surface area contributed by atoms with Crippen molar-refractivity contribution in [1.82, 2.24) is 0 Å². The molecule has 0 aromatic heterocycles. The lowest BCUT2D eigenvalue weighted by molar-refractivity contribution is 0.473. The maximum Gasteiger partial charge on any atom is 0.115 e. The topological polar surface area (TPSA) is 40.5 Å². The van der Waals surface area contributed by atoms with Crippen molar-refractivity contribution >= 4 is 0 Å². The van der Waals surface area contributed by atoms with E-state index in [0.29, 0.717) is 0 Å². The van der Waals surface area contributed by atoms with Crippen LogP contribution in [0.3, 0.4) is 0 Å². The van der Waals surface area contributed by atoms with Crippen LogP contribution in [-0.4, -0.2) is 10.2 Å². The average molecular weight is 443 g/mol. The van der Waals surface area contributed by atoms with Crippen LogP contribution in [0.15, 0.2) is 140 Å². The van der Waals surface area contributed by atoms with E-state index < -0.39 is 5.41 Å². The summed E-state index contributed by atoms with van der Waals surface area (Å²) in [5, 5.41) is 20.1. The van der Waals surface area contributed by atoms with Crippen LogP contribution in [-0.2, 0) is 5.41 Å². The van der Waals surface area contributed by atoms with Gasteiger partial charge in [0.25, 0.3) is 0 Å². The molecule has 5 aromatic carbocycles. The van der Waals surface area contributed by atoms with Gasteiger partial charge >= 0.3 is 0 Å². The molecule has 0 amide bonds. The van der Waals surface area contributed by atoms with Crippen LogP contribution in [0.4, 0.5) is 0 Å². The molecule has 2 heteroatoms. The number of hydrogen-bond acceptors (Lipinski definition) is 2. The highest BCUT2D eigenvalue weighted by Crippen LogP contribution is 2.52. The minimum Gasteiger partial charge on any atom is -0.508 e. The minimum absolute atomic E-state index is 0.138. The van der Waals surface area contributed by atoms with Gasteiger partial charge in [0, 0.05) is 5.92 Å². The zero-order valence-corrected chi connectivity index (χ0v) is 18.8. The number of aromatic hydroxyl groups is 2. The Kier molecular flexibility index (Phi) is 5.88. The molecule has 5 aromatic rings. The SMILES string of the molecule is Oc1ccc(C(c2ccc(O)cc2)C(c2ccccc2)(c2ccccc2)c2ccccc2)cc1. The molecule has 0 bridgehead atoms. The molecule has 0 heterocycles. The van der Waals surface area contributed by atoms with E-state index in [9.17, 15) is 10.2 Å². The van der Waals surface area contributed by atoms with Gasteiger partial charge < -0.3 is 10.2 Å². The highest BCUT2D eigenvalue weighted by Gasteiger charge is 2.45. The quantitative estimate of drug-likeness (QED) is 0.272. The molecule has 0 aliphatic carbocycles. The van der Waals surface area contributed by atoms with E-state index in [1.807, 2.05) is 42.5 Å². The van der Waals surface area contributed by atoms with Crippen molar-refractivity contribution in [2.24, 2.45) is 0 Å². The molecule has 0 radical (unpaired) electrons. The van der Waals surface area contributed by atoms with Gasteiger partial charge in [0.2, 0.25) is 0 Å². The Morgan fingerprint density at radius 3 is 0.971 bits per heavy atom. The maximum absolute atomic E-state index is 10.1. The summed E-state index contributed by atoms with van der Waals surface area (Å²) in [5.41, 5.74) is 5.06. The molecular weight excluding hydrogens is 416 g/mol. The third kappa shape index (κ3) is 3.84. The lowest BCUT2D eigenvalue weighted by Crippen LogP contribution is -2.37. The monoisotopic (exact) mass is 442 g/mol. The molecule has 2 N–H and O–H groups in total. The molecule has 0 atom stereocenters. The third-order valence-electron chi connectivity index (χ3n) is 6.57. The molecule has 0 aliphatic rings. The van der Waals surface area contributed by atoms with Crippen LogP contribution in [0.5, 0.6) is 11.5 Å². The lowest BCUT2D eigenvalue weighted by Gasteiger charge is -2.43. The molecule has 0 saturated heterocycles. The highest BCUT2D eigenvalue weighted by molar-refractivity contribution is 5.58. The standard InChI is InChI=1S/C32H26O2/c33-29-20-16-24(17-21-29)31(25-18-22-30(34)23-19-25)32(26-10-4-1-5-11-26,27-12-6-2-7-13-27)28-14-8-3-9-15-28/h1-23,31,33-34H. The number of phenolic OH excluding ortho intramolecular Hbond substituents is 2. The molecular formula is C32H26O2.